The molecule has 1 aliphatic heterocycles. The summed E-state index contributed by atoms with van der Waals surface area (Å²) in [4.78, 5) is 7.76. The van der Waals surface area contributed by atoms with Gasteiger partial charge in [-0.05, 0) is 38.5 Å². The zero-order valence-electron chi connectivity index (χ0n) is 8.46. The van der Waals surface area contributed by atoms with Crippen molar-refractivity contribution in [1.29, 1.82) is 0 Å². The minimum Gasteiger partial charge on any atom is -0.346 e. The van der Waals surface area contributed by atoms with Crippen molar-refractivity contribution in [3.05, 3.63) is 22.2 Å². The highest BCUT2D eigenvalue weighted by Crippen LogP contribution is 2.44. The van der Waals surface area contributed by atoms with Crippen LogP contribution in [-0.4, -0.2) is 15.7 Å². The Balaban J connectivity index is 2.45. The monoisotopic (exact) mass is 226 g/mol. The minimum absolute atomic E-state index is 0.152. The standard InChI is InChI=1S/C10H14N2S2/c1-7-6-8(13)12-9(11-7)10(2)4-3-5-14-10/h6H,3-5H2,1-2H3,(H,11,12,13). The SMILES string of the molecule is Cc1cc(=S)nc(C2(C)CCCS2)[nH]1. The summed E-state index contributed by atoms with van der Waals surface area (Å²) < 4.78 is 0.851. The number of aromatic amines is 1. The molecule has 0 spiro atoms. The second kappa shape index (κ2) is 3.66. The number of aryl methyl sites for hydroxylation is 1. The van der Waals surface area contributed by atoms with E-state index in [4.69, 9.17) is 12.2 Å². The lowest BCUT2D eigenvalue weighted by Crippen LogP contribution is -2.17. The predicted molar refractivity (Wildman–Crippen MR) is 63.2 cm³/mol. The van der Waals surface area contributed by atoms with Crippen molar-refractivity contribution in [3.8, 4) is 0 Å². The Morgan fingerprint density at radius 2 is 2.43 bits per heavy atom. The molecule has 1 N–H and O–H groups in total. The van der Waals surface area contributed by atoms with E-state index in [0.29, 0.717) is 4.64 Å². The first-order valence-electron chi connectivity index (χ1n) is 4.83. The smallest absolute Gasteiger partial charge is 0.130 e. The summed E-state index contributed by atoms with van der Waals surface area (Å²) in [6.45, 7) is 4.28. The number of hydrogen-bond donors (Lipinski definition) is 1. The van der Waals surface area contributed by atoms with Crippen molar-refractivity contribution in [2.45, 2.75) is 31.4 Å². The van der Waals surface area contributed by atoms with E-state index in [9.17, 15) is 0 Å². The molecule has 14 heavy (non-hydrogen) atoms. The first kappa shape index (κ1) is 10.2. The van der Waals surface area contributed by atoms with Crippen molar-refractivity contribution < 1.29 is 0 Å². The fourth-order valence-electron chi connectivity index (χ4n) is 1.79. The van der Waals surface area contributed by atoms with E-state index in [1.54, 1.807) is 0 Å². The molecule has 0 aromatic carbocycles. The Morgan fingerprint density at radius 1 is 1.64 bits per heavy atom. The molecule has 0 aliphatic carbocycles. The molecule has 76 valence electrons. The van der Waals surface area contributed by atoms with Gasteiger partial charge in [0.25, 0.3) is 0 Å². The molecular weight excluding hydrogens is 212 g/mol. The van der Waals surface area contributed by atoms with Crippen LogP contribution < -0.4 is 0 Å². The molecule has 1 aromatic heterocycles. The van der Waals surface area contributed by atoms with Crippen LogP contribution in [0.4, 0.5) is 0 Å². The van der Waals surface area contributed by atoms with Crippen LogP contribution in [0, 0.1) is 11.6 Å². The highest BCUT2D eigenvalue weighted by molar-refractivity contribution is 8.00. The Morgan fingerprint density at radius 3 is 3.00 bits per heavy atom. The van der Waals surface area contributed by atoms with Gasteiger partial charge in [0.15, 0.2) is 0 Å². The Labute approximate surface area is 93.5 Å². The number of H-pyrrole nitrogens is 1. The number of hydrogen-bond acceptors (Lipinski definition) is 3. The third kappa shape index (κ3) is 1.86. The van der Waals surface area contributed by atoms with Gasteiger partial charge in [0.2, 0.25) is 0 Å². The summed E-state index contributed by atoms with van der Waals surface area (Å²) in [5, 5.41) is 0. The largest absolute Gasteiger partial charge is 0.346 e. The number of rotatable bonds is 1. The van der Waals surface area contributed by atoms with E-state index in [0.717, 1.165) is 11.5 Å². The topological polar surface area (TPSA) is 28.7 Å². The van der Waals surface area contributed by atoms with Crippen molar-refractivity contribution in [3.63, 3.8) is 0 Å². The van der Waals surface area contributed by atoms with Crippen LogP contribution in [0.25, 0.3) is 0 Å². The van der Waals surface area contributed by atoms with E-state index in [1.807, 2.05) is 24.8 Å². The lowest BCUT2D eigenvalue weighted by molar-refractivity contribution is 0.601. The van der Waals surface area contributed by atoms with Gasteiger partial charge in [0.05, 0.1) is 4.75 Å². The molecule has 1 aromatic rings. The maximum absolute atomic E-state index is 5.13. The molecule has 0 amide bonds. The maximum atomic E-state index is 5.13. The second-order valence-corrected chi connectivity index (χ2v) is 5.95. The molecule has 1 atom stereocenters. The first-order valence-corrected chi connectivity index (χ1v) is 6.22. The maximum Gasteiger partial charge on any atom is 0.130 e. The molecule has 0 bridgehead atoms. The molecule has 0 saturated carbocycles. The Bertz CT molecular complexity index is 391. The molecular formula is C10H14N2S2. The minimum atomic E-state index is 0.152. The normalized spacial score (nSPS) is 26.7. The van der Waals surface area contributed by atoms with Gasteiger partial charge in [-0.25, -0.2) is 4.98 Å². The molecule has 2 nitrogen and oxygen atoms in total. The predicted octanol–water partition coefficient (Wildman–Crippen LogP) is 3.19. The quantitative estimate of drug-likeness (QED) is 0.746. The summed E-state index contributed by atoms with van der Waals surface area (Å²) in [6.07, 6.45) is 2.47. The molecule has 1 fully saturated rings. The zero-order valence-corrected chi connectivity index (χ0v) is 10.1. The van der Waals surface area contributed by atoms with Gasteiger partial charge in [-0.15, -0.1) is 11.8 Å². The number of aromatic nitrogens is 2. The molecule has 2 rings (SSSR count). The van der Waals surface area contributed by atoms with Gasteiger partial charge in [0, 0.05) is 5.69 Å². The summed E-state index contributed by atoms with van der Waals surface area (Å²) in [5.74, 6) is 2.28. The molecule has 1 saturated heterocycles. The lowest BCUT2D eigenvalue weighted by Gasteiger charge is -2.21. The van der Waals surface area contributed by atoms with Crippen molar-refractivity contribution in [1.82, 2.24) is 9.97 Å². The molecule has 0 radical (unpaired) electrons. The van der Waals surface area contributed by atoms with Crippen LogP contribution in [0.5, 0.6) is 0 Å². The zero-order chi connectivity index (χ0) is 10.2. The summed E-state index contributed by atoms with van der Waals surface area (Å²) >= 11 is 7.11. The summed E-state index contributed by atoms with van der Waals surface area (Å²) in [7, 11) is 0. The highest BCUT2D eigenvalue weighted by Gasteiger charge is 2.33. The van der Waals surface area contributed by atoms with Gasteiger partial charge in [-0.1, -0.05) is 12.2 Å². The van der Waals surface area contributed by atoms with Gasteiger partial charge in [0.1, 0.15) is 10.5 Å². The number of nitrogens with one attached hydrogen (secondary N) is 1. The van der Waals surface area contributed by atoms with Gasteiger partial charge >= 0.3 is 0 Å². The van der Waals surface area contributed by atoms with Crippen molar-refractivity contribution >= 4 is 24.0 Å². The van der Waals surface area contributed by atoms with Crippen LogP contribution in [0.3, 0.4) is 0 Å². The molecule has 1 aliphatic rings. The third-order valence-electron chi connectivity index (χ3n) is 2.60. The fraction of sp³-hybridized carbons (Fsp3) is 0.600. The number of thioether (sulfide) groups is 1. The fourth-order valence-corrected chi connectivity index (χ4v) is 3.32. The van der Waals surface area contributed by atoms with E-state index in [2.05, 4.69) is 16.9 Å². The summed E-state index contributed by atoms with van der Waals surface area (Å²) in [5.41, 5.74) is 1.11. The molecule has 1 unspecified atom stereocenters. The first-order chi connectivity index (χ1) is 6.60. The third-order valence-corrected chi connectivity index (χ3v) is 4.33. The Hall–Kier alpha value is -0.350. The van der Waals surface area contributed by atoms with Crippen LogP contribution in [0.2, 0.25) is 0 Å². The van der Waals surface area contributed by atoms with E-state index in [1.165, 1.54) is 18.6 Å². The molecule has 2 heterocycles. The van der Waals surface area contributed by atoms with Crippen LogP contribution in [-0.2, 0) is 4.75 Å². The van der Waals surface area contributed by atoms with Crippen molar-refractivity contribution in [2.24, 2.45) is 0 Å². The van der Waals surface area contributed by atoms with E-state index < -0.39 is 0 Å². The number of nitrogens with zero attached hydrogens (tertiary/aromatic N) is 1. The van der Waals surface area contributed by atoms with Crippen LogP contribution in [0.15, 0.2) is 6.07 Å². The van der Waals surface area contributed by atoms with Gasteiger partial charge < -0.3 is 4.98 Å². The van der Waals surface area contributed by atoms with Gasteiger partial charge in [-0.3, -0.25) is 0 Å². The summed E-state index contributed by atoms with van der Waals surface area (Å²) in [6, 6.07) is 1.90. The second-order valence-electron chi connectivity index (χ2n) is 3.93. The van der Waals surface area contributed by atoms with Crippen molar-refractivity contribution in [2.75, 3.05) is 5.75 Å². The average molecular weight is 226 g/mol. The Kier molecular flexibility index (Phi) is 2.66. The van der Waals surface area contributed by atoms with E-state index >= 15 is 0 Å². The van der Waals surface area contributed by atoms with E-state index in [-0.39, 0.29) is 4.75 Å². The average Bonchev–Trinajstić information content (AvgIpc) is 2.52. The highest BCUT2D eigenvalue weighted by atomic mass is 32.2. The van der Waals surface area contributed by atoms with Gasteiger partial charge in [-0.2, -0.15) is 0 Å². The van der Waals surface area contributed by atoms with Crippen LogP contribution in [0.1, 0.15) is 31.3 Å². The molecule has 4 heteroatoms. The van der Waals surface area contributed by atoms with Crippen LogP contribution >= 0.6 is 24.0 Å². The lowest BCUT2D eigenvalue weighted by atomic mass is 10.0.